The SMILES string of the molecule is O=C(O)CCC/C=C\CC1C(O)CC(O)C1COC(=O)NCCc1cccs1. The number of ether oxygens (including phenoxy) is 1. The highest BCUT2D eigenvalue weighted by Gasteiger charge is 2.41. The van der Waals surface area contributed by atoms with E-state index in [0.29, 0.717) is 25.8 Å². The number of carbonyl (C=O) groups excluding carboxylic acids is 1. The Kier molecular flexibility index (Phi) is 9.46. The van der Waals surface area contributed by atoms with Gasteiger partial charge in [0.1, 0.15) is 0 Å². The summed E-state index contributed by atoms with van der Waals surface area (Å²) in [5.74, 6) is -1.32. The molecule has 1 saturated carbocycles. The van der Waals surface area contributed by atoms with Gasteiger partial charge in [0.2, 0.25) is 0 Å². The predicted molar refractivity (Wildman–Crippen MR) is 106 cm³/mol. The molecule has 4 N–H and O–H groups in total. The maximum Gasteiger partial charge on any atom is 0.407 e. The monoisotopic (exact) mass is 411 g/mol. The minimum atomic E-state index is -0.811. The number of amides is 1. The lowest BCUT2D eigenvalue weighted by Crippen LogP contribution is -2.32. The van der Waals surface area contributed by atoms with E-state index in [2.05, 4.69) is 5.32 Å². The first kappa shape index (κ1) is 22.4. The number of hydrogen-bond acceptors (Lipinski definition) is 6. The number of carboxylic acids is 1. The second-order valence-electron chi connectivity index (χ2n) is 7.05. The predicted octanol–water partition coefficient (Wildman–Crippen LogP) is 2.58. The van der Waals surface area contributed by atoms with Gasteiger partial charge in [-0.2, -0.15) is 0 Å². The fourth-order valence-corrected chi connectivity index (χ4v) is 4.15. The minimum absolute atomic E-state index is 0.0561. The summed E-state index contributed by atoms with van der Waals surface area (Å²) in [5.41, 5.74) is 0. The van der Waals surface area contributed by atoms with E-state index in [1.165, 1.54) is 4.88 Å². The van der Waals surface area contributed by atoms with Crippen molar-refractivity contribution in [2.45, 2.75) is 50.7 Å². The molecule has 0 bridgehead atoms. The molecule has 1 amide bonds. The van der Waals surface area contributed by atoms with E-state index < -0.39 is 24.3 Å². The molecule has 0 saturated heterocycles. The first-order valence-electron chi connectivity index (χ1n) is 9.63. The van der Waals surface area contributed by atoms with Crippen molar-refractivity contribution in [3.63, 3.8) is 0 Å². The Balaban J connectivity index is 1.70. The van der Waals surface area contributed by atoms with Crippen LogP contribution in [0.15, 0.2) is 29.7 Å². The number of aliphatic carboxylic acids is 1. The Morgan fingerprint density at radius 1 is 1.25 bits per heavy atom. The Hall–Kier alpha value is -1.90. The third-order valence-corrected chi connectivity index (χ3v) is 5.92. The molecule has 7 nitrogen and oxygen atoms in total. The number of unbranched alkanes of at least 4 members (excludes halogenated alkanes) is 1. The summed E-state index contributed by atoms with van der Waals surface area (Å²) in [6, 6.07) is 3.97. The Bertz CT molecular complexity index is 633. The highest BCUT2D eigenvalue weighted by molar-refractivity contribution is 7.09. The molecule has 1 heterocycles. The van der Waals surface area contributed by atoms with Gasteiger partial charge in [0.15, 0.2) is 0 Å². The summed E-state index contributed by atoms with van der Waals surface area (Å²) in [7, 11) is 0. The molecule has 0 spiro atoms. The number of carboxylic acid groups (broad SMARTS) is 1. The zero-order valence-corrected chi connectivity index (χ0v) is 16.6. The van der Waals surface area contributed by atoms with Crippen LogP contribution in [0.1, 0.15) is 37.0 Å². The lowest BCUT2D eigenvalue weighted by atomic mass is 9.91. The zero-order valence-electron chi connectivity index (χ0n) is 15.8. The molecule has 1 aromatic rings. The second-order valence-corrected chi connectivity index (χ2v) is 8.08. The molecule has 1 aliphatic carbocycles. The highest BCUT2D eigenvalue weighted by Crippen LogP contribution is 2.35. The van der Waals surface area contributed by atoms with Crippen molar-refractivity contribution in [3.05, 3.63) is 34.5 Å². The normalized spacial score (nSPS) is 24.5. The second kappa shape index (κ2) is 11.8. The van der Waals surface area contributed by atoms with Crippen LogP contribution in [0.4, 0.5) is 4.79 Å². The average Bonchev–Trinajstić information content (AvgIpc) is 3.24. The van der Waals surface area contributed by atoms with Crippen LogP contribution in [0.2, 0.25) is 0 Å². The van der Waals surface area contributed by atoms with Crippen LogP contribution >= 0.6 is 11.3 Å². The molecule has 1 fully saturated rings. The van der Waals surface area contributed by atoms with Crippen molar-refractivity contribution in [3.8, 4) is 0 Å². The Morgan fingerprint density at radius 2 is 2.04 bits per heavy atom. The van der Waals surface area contributed by atoms with Crippen molar-refractivity contribution in [2.75, 3.05) is 13.2 Å². The molecule has 0 aromatic carbocycles. The van der Waals surface area contributed by atoms with Crippen LogP contribution in [0.5, 0.6) is 0 Å². The first-order chi connectivity index (χ1) is 13.5. The number of aliphatic hydroxyl groups is 2. The van der Waals surface area contributed by atoms with E-state index >= 15 is 0 Å². The summed E-state index contributed by atoms with van der Waals surface area (Å²) < 4.78 is 5.26. The van der Waals surface area contributed by atoms with Crippen molar-refractivity contribution in [1.82, 2.24) is 5.32 Å². The number of alkyl carbamates (subject to hydrolysis) is 1. The number of allylic oxidation sites excluding steroid dienone is 2. The lowest BCUT2D eigenvalue weighted by molar-refractivity contribution is -0.137. The smallest absolute Gasteiger partial charge is 0.407 e. The van der Waals surface area contributed by atoms with Gasteiger partial charge in [-0.3, -0.25) is 4.79 Å². The summed E-state index contributed by atoms with van der Waals surface area (Å²) >= 11 is 1.63. The number of thiophene rings is 1. The minimum Gasteiger partial charge on any atom is -0.481 e. The number of aliphatic hydroxyl groups excluding tert-OH is 2. The average molecular weight is 412 g/mol. The summed E-state index contributed by atoms with van der Waals surface area (Å²) in [6.45, 7) is 0.540. The maximum atomic E-state index is 11.9. The number of rotatable bonds is 11. The summed E-state index contributed by atoms with van der Waals surface area (Å²) in [5, 5.41) is 33.7. The lowest BCUT2D eigenvalue weighted by Gasteiger charge is -2.22. The van der Waals surface area contributed by atoms with Crippen LogP contribution < -0.4 is 5.32 Å². The van der Waals surface area contributed by atoms with Crippen molar-refractivity contribution in [1.29, 1.82) is 0 Å². The highest BCUT2D eigenvalue weighted by atomic mass is 32.1. The first-order valence-corrected chi connectivity index (χ1v) is 10.5. The summed E-state index contributed by atoms with van der Waals surface area (Å²) in [6.07, 6.45) is 4.86. The molecular weight excluding hydrogens is 382 g/mol. The van der Waals surface area contributed by atoms with Gasteiger partial charge in [-0.05, 0) is 49.5 Å². The maximum absolute atomic E-state index is 11.9. The van der Waals surface area contributed by atoms with Crippen molar-refractivity contribution in [2.24, 2.45) is 11.8 Å². The number of carbonyl (C=O) groups is 2. The van der Waals surface area contributed by atoms with E-state index in [1.807, 2.05) is 29.7 Å². The van der Waals surface area contributed by atoms with Crippen molar-refractivity contribution < 1.29 is 29.6 Å². The van der Waals surface area contributed by atoms with Gasteiger partial charge in [-0.25, -0.2) is 4.79 Å². The van der Waals surface area contributed by atoms with Crippen LogP contribution in [-0.4, -0.2) is 52.7 Å². The van der Waals surface area contributed by atoms with Gasteiger partial charge < -0.3 is 25.4 Å². The van der Waals surface area contributed by atoms with Gasteiger partial charge in [-0.1, -0.05) is 18.2 Å². The molecule has 28 heavy (non-hydrogen) atoms. The van der Waals surface area contributed by atoms with E-state index in [1.54, 1.807) is 11.3 Å². The Morgan fingerprint density at radius 3 is 2.75 bits per heavy atom. The fraction of sp³-hybridized carbons (Fsp3) is 0.600. The summed E-state index contributed by atoms with van der Waals surface area (Å²) in [4.78, 5) is 23.5. The van der Waals surface area contributed by atoms with Gasteiger partial charge >= 0.3 is 12.1 Å². The third kappa shape index (κ3) is 7.61. The molecule has 1 aromatic heterocycles. The van der Waals surface area contributed by atoms with Crippen LogP contribution in [0, 0.1) is 11.8 Å². The molecule has 4 atom stereocenters. The molecule has 0 aliphatic heterocycles. The number of hydrogen-bond donors (Lipinski definition) is 4. The van der Waals surface area contributed by atoms with E-state index in [-0.39, 0.29) is 31.3 Å². The van der Waals surface area contributed by atoms with Crippen LogP contribution in [0.3, 0.4) is 0 Å². The molecule has 2 rings (SSSR count). The van der Waals surface area contributed by atoms with Crippen LogP contribution in [0.25, 0.3) is 0 Å². The van der Waals surface area contributed by atoms with Gasteiger partial charge in [-0.15, -0.1) is 11.3 Å². The quantitative estimate of drug-likeness (QED) is 0.329. The van der Waals surface area contributed by atoms with E-state index in [0.717, 1.165) is 6.42 Å². The molecule has 8 heteroatoms. The van der Waals surface area contributed by atoms with E-state index in [9.17, 15) is 19.8 Å². The largest absolute Gasteiger partial charge is 0.481 e. The van der Waals surface area contributed by atoms with Gasteiger partial charge in [0.25, 0.3) is 0 Å². The van der Waals surface area contributed by atoms with E-state index in [4.69, 9.17) is 9.84 Å². The van der Waals surface area contributed by atoms with Gasteiger partial charge in [0, 0.05) is 23.8 Å². The zero-order chi connectivity index (χ0) is 20.4. The van der Waals surface area contributed by atoms with Crippen molar-refractivity contribution >= 4 is 23.4 Å². The molecule has 156 valence electrons. The standard InChI is InChI=1S/C20H29NO6S/c22-17-12-18(23)16(15(17)7-3-1-2-4-8-19(24)25)13-27-20(26)21-10-9-14-6-5-11-28-14/h1,3,5-6,11,15-18,22-23H,2,4,7-10,12-13H2,(H,21,26)(H,24,25)/b3-1-. The fourth-order valence-electron chi connectivity index (χ4n) is 3.44. The topological polar surface area (TPSA) is 116 Å². The third-order valence-electron chi connectivity index (χ3n) is 4.99. The molecular formula is C20H29NO6S. The Labute approximate surface area is 169 Å². The molecule has 0 radical (unpaired) electrons. The van der Waals surface area contributed by atoms with Gasteiger partial charge in [0.05, 0.1) is 18.8 Å². The molecule has 4 unspecified atom stereocenters. The number of nitrogens with one attached hydrogen (secondary N) is 1. The molecule has 1 aliphatic rings. The van der Waals surface area contributed by atoms with Crippen LogP contribution in [-0.2, 0) is 16.0 Å².